The highest BCUT2D eigenvalue weighted by molar-refractivity contribution is 5.88. The first kappa shape index (κ1) is 16.1. The number of allylic oxidation sites excluding steroid dienone is 1. The molecule has 0 heterocycles. The van der Waals surface area contributed by atoms with Gasteiger partial charge < -0.3 is 10.2 Å². The maximum absolute atomic E-state index is 10.1. The van der Waals surface area contributed by atoms with Gasteiger partial charge in [0.15, 0.2) is 0 Å². The van der Waals surface area contributed by atoms with E-state index < -0.39 is 11.9 Å². The Bertz CT molecular complexity index is 227. The molecule has 0 saturated carbocycles. The number of hydrogen-bond donors (Lipinski definition) is 2. The molecule has 0 aromatic heterocycles. The summed E-state index contributed by atoms with van der Waals surface area (Å²) in [4.78, 5) is 19.1. The minimum absolute atomic E-state index is 0.487. The van der Waals surface area contributed by atoms with Gasteiger partial charge in [-0.15, -0.1) is 0 Å². The number of rotatable bonds is 1. The van der Waals surface area contributed by atoms with Gasteiger partial charge in [-0.2, -0.15) is 0 Å². The molecule has 1 unspecified atom stereocenters. The minimum atomic E-state index is -0.833. The molecule has 4 nitrogen and oxygen atoms in total. The maximum Gasteiger partial charge on any atom is 0.331 e. The van der Waals surface area contributed by atoms with Crippen LogP contribution in [0.2, 0.25) is 0 Å². The van der Waals surface area contributed by atoms with Crippen LogP contribution in [0.4, 0.5) is 0 Å². The van der Waals surface area contributed by atoms with Crippen LogP contribution in [-0.2, 0) is 9.59 Å². The lowest BCUT2D eigenvalue weighted by molar-refractivity contribution is -0.135. The lowest BCUT2D eigenvalue weighted by atomic mass is 9.88. The predicted octanol–water partition coefficient (Wildman–Crippen LogP) is 2.54. The van der Waals surface area contributed by atoms with E-state index in [1.807, 2.05) is 6.92 Å². The van der Waals surface area contributed by atoms with Crippen molar-refractivity contribution in [2.24, 2.45) is 5.92 Å². The van der Waals surface area contributed by atoms with Crippen LogP contribution in [0.15, 0.2) is 11.6 Å². The van der Waals surface area contributed by atoms with Gasteiger partial charge in [-0.3, -0.25) is 4.79 Å². The fraction of sp³-hybridized carbons (Fsp3) is 0.636. The summed E-state index contributed by atoms with van der Waals surface area (Å²) in [5, 5.41) is 15.7. The lowest BCUT2D eigenvalue weighted by Crippen LogP contribution is -2.13. The predicted molar refractivity (Wildman–Crippen MR) is 58.8 cm³/mol. The second-order valence-electron chi connectivity index (χ2n) is 3.40. The largest absolute Gasteiger partial charge is 0.481 e. The first-order chi connectivity index (χ1) is 6.84. The fourth-order valence-corrected chi connectivity index (χ4v) is 0.815. The molecule has 0 aromatic rings. The average Bonchev–Trinajstić information content (AvgIpc) is 1.98. The molecule has 1 aliphatic rings. The second kappa shape index (κ2) is 9.24. The van der Waals surface area contributed by atoms with E-state index in [4.69, 9.17) is 15.0 Å². The molecule has 0 saturated heterocycles. The van der Waals surface area contributed by atoms with Crippen LogP contribution in [0.1, 0.15) is 40.5 Å². The molecular weight excluding hydrogens is 196 g/mol. The normalized spacial score (nSPS) is 16.8. The summed E-state index contributed by atoms with van der Waals surface area (Å²) in [5.41, 5.74) is 0.567. The van der Waals surface area contributed by atoms with Crippen LogP contribution in [0, 0.1) is 5.92 Å². The van der Waals surface area contributed by atoms with E-state index in [-0.39, 0.29) is 0 Å². The number of hydrogen-bond acceptors (Lipinski definition) is 2. The highest BCUT2D eigenvalue weighted by atomic mass is 16.4. The van der Waals surface area contributed by atoms with Crippen molar-refractivity contribution in [3.63, 3.8) is 0 Å². The zero-order valence-electron chi connectivity index (χ0n) is 9.78. The lowest BCUT2D eigenvalue weighted by Gasteiger charge is -2.16. The van der Waals surface area contributed by atoms with Gasteiger partial charge in [-0.05, 0) is 12.3 Å². The summed E-state index contributed by atoms with van der Waals surface area (Å²) >= 11 is 0. The first-order valence-corrected chi connectivity index (χ1v) is 4.98. The Hall–Kier alpha value is -1.32. The molecule has 88 valence electrons. The summed E-state index contributed by atoms with van der Waals surface area (Å²) in [6.07, 6.45) is 3.78. The van der Waals surface area contributed by atoms with Gasteiger partial charge in [0, 0.05) is 12.5 Å². The number of carbonyl (C=O) groups is 2. The zero-order valence-corrected chi connectivity index (χ0v) is 9.78. The summed E-state index contributed by atoms with van der Waals surface area (Å²) in [6, 6.07) is 0. The Morgan fingerprint density at radius 3 is 1.73 bits per heavy atom. The van der Waals surface area contributed by atoms with Crippen molar-refractivity contribution < 1.29 is 19.8 Å². The van der Waals surface area contributed by atoms with Gasteiger partial charge >= 0.3 is 5.97 Å². The van der Waals surface area contributed by atoms with Crippen molar-refractivity contribution >= 4 is 11.9 Å². The summed E-state index contributed by atoms with van der Waals surface area (Å²) in [6.45, 7) is 7.34. The molecule has 4 heteroatoms. The molecule has 0 spiro atoms. The van der Waals surface area contributed by atoms with E-state index in [2.05, 4.69) is 13.8 Å². The van der Waals surface area contributed by atoms with Crippen LogP contribution in [0.25, 0.3) is 0 Å². The second-order valence-corrected chi connectivity index (χ2v) is 3.40. The third-order valence-electron chi connectivity index (χ3n) is 1.30. The van der Waals surface area contributed by atoms with Gasteiger partial charge in [0.25, 0.3) is 5.97 Å². The number of carboxylic acids is 2. The first-order valence-electron chi connectivity index (χ1n) is 4.98. The fourth-order valence-electron chi connectivity index (χ4n) is 0.815. The van der Waals surface area contributed by atoms with Crippen molar-refractivity contribution in [3.05, 3.63) is 11.6 Å². The van der Waals surface area contributed by atoms with Gasteiger partial charge in [0.2, 0.25) is 0 Å². The molecule has 0 bridgehead atoms. The Morgan fingerprint density at radius 2 is 1.67 bits per heavy atom. The molecule has 1 atom stereocenters. The van der Waals surface area contributed by atoms with E-state index in [0.717, 1.165) is 13.3 Å². The number of carboxylic acid groups (broad SMARTS) is 2. The molecule has 0 amide bonds. The summed E-state index contributed by atoms with van der Waals surface area (Å²) < 4.78 is 0. The molecule has 0 aliphatic heterocycles. The molecule has 0 aromatic carbocycles. The smallest absolute Gasteiger partial charge is 0.331 e. The quantitative estimate of drug-likeness (QED) is 0.706. The third kappa shape index (κ3) is 12.7. The highest BCUT2D eigenvalue weighted by Gasteiger charge is 2.19. The van der Waals surface area contributed by atoms with E-state index in [9.17, 15) is 4.79 Å². The van der Waals surface area contributed by atoms with E-state index >= 15 is 0 Å². The van der Waals surface area contributed by atoms with Crippen molar-refractivity contribution in [1.29, 1.82) is 0 Å². The van der Waals surface area contributed by atoms with E-state index in [0.29, 0.717) is 11.5 Å². The van der Waals surface area contributed by atoms with Crippen LogP contribution >= 0.6 is 0 Å². The van der Waals surface area contributed by atoms with Gasteiger partial charge in [-0.25, -0.2) is 4.79 Å². The molecule has 1 rings (SSSR count). The average molecular weight is 216 g/mol. The van der Waals surface area contributed by atoms with Crippen molar-refractivity contribution in [2.75, 3.05) is 0 Å². The van der Waals surface area contributed by atoms with Crippen molar-refractivity contribution in [1.82, 2.24) is 0 Å². The molecule has 2 N–H and O–H groups in total. The summed E-state index contributed by atoms with van der Waals surface area (Å²) in [7, 11) is 0. The molecular formula is C11H20O4. The van der Waals surface area contributed by atoms with Gasteiger partial charge in [0.05, 0.1) is 0 Å². The van der Waals surface area contributed by atoms with Gasteiger partial charge in [0.1, 0.15) is 0 Å². The SMILES string of the molecule is CC(=O)O.CC1C=C(C(=O)O)C1.CCC. The minimum Gasteiger partial charge on any atom is -0.481 e. The van der Waals surface area contributed by atoms with Crippen LogP contribution in [0.5, 0.6) is 0 Å². The molecule has 0 radical (unpaired) electrons. The van der Waals surface area contributed by atoms with E-state index in [1.165, 1.54) is 6.42 Å². The van der Waals surface area contributed by atoms with Crippen molar-refractivity contribution in [2.45, 2.75) is 40.5 Å². The Morgan fingerprint density at radius 1 is 1.40 bits per heavy atom. The Kier molecular flexibility index (Phi) is 9.94. The van der Waals surface area contributed by atoms with Crippen LogP contribution < -0.4 is 0 Å². The van der Waals surface area contributed by atoms with Crippen LogP contribution in [0.3, 0.4) is 0 Å². The van der Waals surface area contributed by atoms with Crippen molar-refractivity contribution in [3.8, 4) is 0 Å². The van der Waals surface area contributed by atoms with E-state index in [1.54, 1.807) is 6.08 Å². The zero-order chi connectivity index (χ0) is 12.4. The standard InChI is InChI=1S/C6H8O2.C3H8.C2H4O2/c1-4-2-5(3-4)6(7)8;1-3-2;1-2(3)4/h2,4H,3H2,1H3,(H,7,8);3H2,1-2H3;1H3,(H,3,4). The summed E-state index contributed by atoms with van der Waals surface area (Å²) in [5.74, 6) is -1.11. The highest BCUT2D eigenvalue weighted by Crippen LogP contribution is 2.24. The topological polar surface area (TPSA) is 74.6 Å². The molecule has 0 fully saturated rings. The number of aliphatic carboxylic acids is 2. The Balaban J connectivity index is 0. The van der Waals surface area contributed by atoms with Crippen LogP contribution in [-0.4, -0.2) is 22.2 Å². The van der Waals surface area contributed by atoms with Gasteiger partial charge in [-0.1, -0.05) is 33.3 Å². The maximum atomic E-state index is 10.1. The Labute approximate surface area is 90.6 Å². The third-order valence-corrected chi connectivity index (χ3v) is 1.30. The monoisotopic (exact) mass is 216 g/mol. The molecule has 1 aliphatic carbocycles. The molecule has 15 heavy (non-hydrogen) atoms.